The van der Waals surface area contributed by atoms with Crippen molar-refractivity contribution in [3.8, 4) is 0 Å². The average molecular weight is 275 g/mol. The molecule has 2 rings (SSSR count). The van der Waals surface area contributed by atoms with Gasteiger partial charge in [0.2, 0.25) is 11.8 Å². The fourth-order valence-corrected chi connectivity index (χ4v) is 2.24. The summed E-state index contributed by atoms with van der Waals surface area (Å²) in [5.74, 6) is -0.209. The van der Waals surface area contributed by atoms with Gasteiger partial charge in [-0.1, -0.05) is 30.3 Å². The van der Waals surface area contributed by atoms with Crippen molar-refractivity contribution in [2.45, 2.75) is 19.0 Å². The molecule has 1 aliphatic rings. The summed E-state index contributed by atoms with van der Waals surface area (Å²) < 4.78 is 0. The number of amides is 2. The molecular weight excluding hydrogens is 254 g/mol. The van der Waals surface area contributed by atoms with Gasteiger partial charge in [-0.2, -0.15) is 0 Å². The minimum absolute atomic E-state index is 0.0961. The predicted octanol–water partition coefficient (Wildman–Crippen LogP) is 0.465. The summed E-state index contributed by atoms with van der Waals surface area (Å²) in [6, 6.07) is 9.22. The first-order chi connectivity index (χ1) is 9.58. The Morgan fingerprint density at radius 2 is 1.95 bits per heavy atom. The van der Waals surface area contributed by atoms with Gasteiger partial charge in [0.05, 0.1) is 19.0 Å². The van der Waals surface area contributed by atoms with Crippen molar-refractivity contribution in [1.29, 1.82) is 0 Å². The van der Waals surface area contributed by atoms with E-state index in [1.54, 1.807) is 0 Å². The Hall–Kier alpha value is -1.72. The zero-order chi connectivity index (χ0) is 14.5. The van der Waals surface area contributed by atoms with Gasteiger partial charge in [-0.25, -0.2) is 0 Å². The van der Waals surface area contributed by atoms with Crippen molar-refractivity contribution in [2.75, 3.05) is 27.2 Å². The number of likely N-dealkylation sites (N-methyl/N-ethyl adjacent to an activating group) is 1. The van der Waals surface area contributed by atoms with Crippen LogP contribution in [0.1, 0.15) is 12.0 Å². The van der Waals surface area contributed by atoms with Gasteiger partial charge >= 0.3 is 0 Å². The third kappa shape index (κ3) is 3.65. The van der Waals surface area contributed by atoms with Crippen molar-refractivity contribution in [1.82, 2.24) is 15.1 Å². The van der Waals surface area contributed by atoms with Gasteiger partial charge in [-0.15, -0.1) is 0 Å². The second-order valence-corrected chi connectivity index (χ2v) is 5.32. The molecule has 1 heterocycles. The van der Waals surface area contributed by atoms with Crippen LogP contribution in [0.4, 0.5) is 0 Å². The van der Waals surface area contributed by atoms with Gasteiger partial charge in [-0.3, -0.25) is 14.5 Å². The number of rotatable bonds is 6. The van der Waals surface area contributed by atoms with Crippen LogP contribution in [-0.2, 0) is 16.1 Å². The minimum Gasteiger partial charge on any atom is -0.308 e. The van der Waals surface area contributed by atoms with E-state index in [0.717, 1.165) is 12.1 Å². The summed E-state index contributed by atoms with van der Waals surface area (Å²) >= 11 is 0. The first-order valence-corrected chi connectivity index (χ1v) is 6.84. The second kappa shape index (κ2) is 6.63. The highest BCUT2D eigenvalue weighted by Gasteiger charge is 2.37. The van der Waals surface area contributed by atoms with Gasteiger partial charge in [-0.05, 0) is 19.7 Å². The molecule has 0 radical (unpaired) electrons. The molecule has 0 aromatic heterocycles. The molecule has 0 aliphatic carbocycles. The maximum Gasteiger partial charge on any atom is 0.247 e. The molecule has 1 aromatic rings. The van der Waals surface area contributed by atoms with Crippen LogP contribution in [0, 0.1) is 0 Å². The Morgan fingerprint density at radius 3 is 2.60 bits per heavy atom. The number of nitrogens with one attached hydrogen (secondary N) is 1. The molecule has 1 fully saturated rings. The number of carbonyl (C=O) groups excluding carboxylic acids is 2. The third-order valence-electron chi connectivity index (χ3n) is 3.38. The number of imide groups is 1. The maximum atomic E-state index is 12.2. The lowest BCUT2D eigenvalue weighted by Gasteiger charge is -2.16. The normalized spacial score (nSPS) is 19.1. The Morgan fingerprint density at radius 1 is 1.25 bits per heavy atom. The molecule has 108 valence electrons. The summed E-state index contributed by atoms with van der Waals surface area (Å²) in [6.45, 7) is 1.91. The number of benzene rings is 1. The fourth-order valence-electron chi connectivity index (χ4n) is 2.24. The lowest BCUT2D eigenvalue weighted by Crippen LogP contribution is -2.41. The minimum atomic E-state index is -0.369. The van der Waals surface area contributed by atoms with Crippen LogP contribution in [0.3, 0.4) is 0 Å². The monoisotopic (exact) mass is 275 g/mol. The summed E-state index contributed by atoms with van der Waals surface area (Å²) in [6.07, 6.45) is 0.263. The lowest BCUT2D eigenvalue weighted by molar-refractivity contribution is -0.139. The molecule has 1 N–H and O–H groups in total. The van der Waals surface area contributed by atoms with Crippen LogP contribution in [0.2, 0.25) is 0 Å². The van der Waals surface area contributed by atoms with Gasteiger partial charge in [0.15, 0.2) is 0 Å². The first-order valence-electron chi connectivity index (χ1n) is 6.84. The first kappa shape index (κ1) is 14.7. The summed E-state index contributed by atoms with van der Waals surface area (Å²) in [5, 5.41) is 3.16. The highest BCUT2D eigenvalue weighted by atomic mass is 16.2. The van der Waals surface area contributed by atoms with Gasteiger partial charge in [0.25, 0.3) is 0 Å². The summed E-state index contributed by atoms with van der Waals surface area (Å²) in [5.41, 5.74) is 0.975. The van der Waals surface area contributed by atoms with Gasteiger partial charge in [0, 0.05) is 13.1 Å². The van der Waals surface area contributed by atoms with E-state index in [9.17, 15) is 9.59 Å². The van der Waals surface area contributed by atoms with Gasteiger partial charge in [0.1, 0.15) is 0 Å². The van der Waals surface area contributed by atoms with Gasteiger partial charge < -0.3 is 10.2 Å². The quantitative estimate of drug-likeness (QED) is 0.767. The van der Waals surface area contributed by atoms with Crippen molar-refractivity contribution in [2.24, 2.45) is 0 Å². The topological polar surface area (TPSA) is 52.7 Å². The Bertz CT molecular complexity index is 473. The number of likely N-dealkylation sites (tertiary alicyclic amines) is 1. The molecule has 1 saturated heterocycles. The van der Waals surface area contributed by atoms with E-state index >= 15 is 0 Å². The summed E-state index contributed by atoms with van der Waals surface area (Å²) in [7, 11) is 3.95. The summed E-state index contributed by atoms with van der Waals surface area (Å²) in [4.78, 5) is 27.6. The molecule has 0 saturated carbocycles. The van der Waals surface area contributed by atoms with E-state index in [0.29, 0.717) is 13.1 Å². The lowest BCUT2D eigenvalue weighted by atomic mass is 10.2. The molecule has 0 spiro atoms. The van der Waals surface area contributed by atoms with Crippen molar-refractivity contribution in [3.05, 3.63) is 35.9 Å². The van der Waals surface area contributed by atoms with Crippen LogP contribution >= 0.6 is 0 Å². The molecule has 1 aromatic carbocycles. The SMILES string of the molecule is CN(C)CCN[C@H]1CC(=O)N(Cc2ccccc2)C1=O. The van der Waals surface area contributed by atoms with Crippen LogP contribution in [-0.4, -0.2) is 54.8 Å². The van der Waals surface area contributed by atoms with Crippen molar-refractivity contribution in [3.63, 3.8) is 0 Å². The Labute approximate surface area is 119 Å². The third-order valence-corrected chi connectivity index (χ3v) is 3.38. The van der Waals surface area contributed by atoms with E-state index in [2.05, 4.69) is 5.32 Å². The van der Waals surface area contributed by atoms with E-state index < -0.39 is 0 Å². The average Bonchev–Trinajstić information content (AvgIpc) is 2.67. The number of hydrogen-bond donors (Lipinski definition) is 1. The number of nitrogens with zero attached hydrogens (tertiary/aromatic N) is 2. The Kier molecular flexibility index (Phi) is 4.87. The fraction of sp³-hybridized carbons (Fsp3) is 0.467. The van der Waals surface area contributed by atoms with E-state index in [1.807, 2.05) is 49.3 Å². The van der Waals surface area contributed by atoms with Crippen LogP contribution in [0.5, 0.6) is 0 Å². The highest BCUT2D eigenvalue weighted by molar-refractivity contribution is 6.05. The zero-order valence-corrected chi connectivity index (χ0v) is 12.0. The smallest absolute Gasteiger partial charge is 0.247 e. The predicted molar refractivity (Wildman–Crippen MR) is 77.0 cm³/mol. The van der Waals surface area contributed by atoms with Crippen LogP contribution in [0.25, 0.3) is 0 Å². The molecule has 20 heavy (non-hydrogen) atoms. The second-order valence-electron chi connectivity index (χ2n) is 5.32. The molecule has 5 nitrogen and oxygen atoms in total. The van der Waals surface area contributed by atoms with Crippen molar-refractivity contribution < 1.29 is 9.59 Å². The molecular formula is C15H21N3O2. The standard InChI is InChI=1S/C15H21N3O2/c1-17(2)9-8-16-13-10-14(19)18(15(13)20)11-12-6-4-3-5-7-12/h3-7,13,16H,8-11H2,1-2H3/t13-/m0/s1. The largest absolute Gasteiger partial charge is 0.308 e. The molecule has 1 atom stereocenters. The number of carbonyl (C=O) groups is 2. The zero-order valence-electron chi connectivity index (χ0n) is 12.0. The van der Waals surface area contributed by atoms with Crippen molar-refractivity contribution >= 4 is 11.8 Å². The highest BCUT2D eigenvalue weighted by Crippen LogP contribution is 2.16. The van der Waals surface area contributed by atoms with E-state index in [-0.39, 0.29) is 24.3 Å². The molecule has 5 heteroatoms. The van der Waals surface area contributed by atoms with E-state index in [1.165, 1.54) is 4.90 Å². The van der Waals surface area contributed by atoms with Crippen LogP contribution in [0.15, 0.2) is 30.3 Å². The number of hydrogen-bond acceptors (Lipinski definition) is 4. The molecule has 0 bridgehead atoms. The molecule has 2 amide bonds. The maximum absolute atomic E-state index is 12.2. The molecule has 0 unspecified atom stereocenters. The van der Waals surface area contributed by atoms with E-state index in [4.69, 9.17) is 0 Å². The van der Waals surface area contributed by atoms with Crippen LogP contribution < -0.4 is 5.32 Å². The Balaban J connectivity index is 1.92. The molecule has 1 aliphatic heterocycles.